The molecular weight excluding hydrogens is 252 g/mol. The molecule has 112 valence electrons. The standard InChI is InChI=1S/C16H26N2O2/c1-12(11-18-5-3-4-6-18)10-17-13(2)14-7-15(19)9-16(20)8-14/h7-9,12-13,17,19-20H,3-6,10-11H2,1-2H3. The van der Waals surface area contributed by atoms with Crippen molar-refractivity contribution in [2.75, 3.05) is 26.2 Å². The van der Waals surface area contributed by atoms with Crippen molar-refractivity contribution in [3.8, 4) is 11.5 Å². The van der Waals surface area contributed by atoms with E-state index in [-0.39, 0.29) is 17.5 Å². The zero-order valence-corrected chi connectivity index (χ0v) is 12.5. The van der Waals surface area contributed by atoms with Gasteiger partial charge in [0.25, 0.3) is 0 Å². The summed E-state index contributed by atoms with van der Waals surface area (Å²) in [5.74, 6) is 0.819. The van der Waals surface area contributed by atoms with Gasteiger partial charge in [-0.05, 0) is 63.0 Å². The van der Waals surface area contributed by atoms with Crippen molar-refractivity contribution < 1.29 is 10.2 Å². The number of phenols is 2. The van der Waals surface area contributed by atoms with E-state index in [4.69, 9.17) is 0 Å². The van der Waals surface area contributed by atoms with Crippen LogP contribution in [-0.2, 0) is 0 Å². The molecule has 2 unspecified atom stereocenters. The van der Waals surface area contributed by atoms with Crippen molar-refractivity contribution in [1.29, 1.82) is 0 Å². The van der Waals surface area contributed by atoms with Gasteiger partial charge < -0.3 is 20.4 Å². The molecule has 0 spiro atoms. The lowest BCUT2D eigenvalue weighted by atomic mass is 10.1. The molecule has 20 heavy (non-hydrogen) atoms. The fourth-order valence-corrected chi connectivity index (χ4v) is 2.83. The summed E-state index contributed by atoms with van der Waals surface area (Å²) in [5, 5.41) is 22.5. The second-order valence-corrected chi connectivity index (χ2v) is 6.03. The zero-order valence-electron chi connectivity index (χ0n) is 12.5. The summed E-state index contributed by atoms with van der Waals surface area (Å²) in [6.07, 6.45) is 2.66. The lowest BCUT2D eigenvalue weighted by Crippen LogP contribution is -2.32. The van der Waals surface area contributed by atoms with Crippen LogP contribution in [0.5, 0.6) is 11.5 Å². The Hall–Kier alpha value is -1.26. The molecule has 1 aromatic carbocycles. The Morgan fingerprint density at radius 1 is 1.10 bits per heavy atom. The van der Waals surface area contributed by atoms with E-state index < -0.39 is 0 Å². The van der Waals surface area contributed by atoms with Crippen molar-refractivity contribution >= 4 is 0 Å². The van der Waals surface area contributed by atoms with Gasteiger partial charge in [-0.1, -0.05) is 6.92 Å². The normalized spacial score (nSPS) is 19.1. The van der Waals surface area contributed by atoms with Gasteiger partial charge in [0, 0.05) is 18.7 Å². The van der Waals surface area contributed by atoms with Crippen molar-refractivity contribution in [1.82, 2.24) is 10.2 Å². The lowest BCUT2D eigenvalue weighted by molar-refractivity contribution is 0.279. The highest BCUT2D eigenvalue weighted by molar-refractivity contribution is 5.37. The smallest absolute Gasteiger partial charge is 0.119 e. The Balaban J connectivity index is 1.80. The molecule has 1 fully saturated rings. The number of nitrogens with zero attached hydrogens (tertiary/aromatic N) is 1. The van der Waals surface area contributed by atoms with Gasteiger partial charge in [-0.25, -0.2) is 0 Å². The first-order valence-corrected chi connectivity index (χ1v) is 7.53. The number of hydrogen-bond acceptors (Lipinski definition) is 4. The first kappa shape index (κ1) is 15.1. The third kappa shape index (κ3) is 4.39. The van der Waals surface area contributed by atoms with E-state index in [1.807, 2.05) is 0 Å². The maximum absolute atomic E-state index is 9.52. The minimum atomic E-state index is 0.110. The van der Waals surface area contributed by atoms with E-state index in [1.165, 1.54) is 32.0 Å². The van der Waals surface area contributed by atoms with Crippen LogP contribution in [0.2, 0.25) is 0 Å². The van der Waals surface area contributed by atoms with E-state index >= 15 is 0 Å². The molecule has 0 aromatic heterocycles. The first-order valence-electron chi connectivity index (χ1n) is 7.53. The van der Waals surface area contributed by atoms with Gasteiger partial charge in [0.05, 0.1) is 0 Å². The Labute approximate surface area is 121 Å². The molecule has 2 atom stereocenters. The SMILES string of the molecule is CC(CNC(C)c1cc(O)cc(O)c1)CN1CCCC1. The maximum atomic E-state index is 9.52. The van der Waals surface area contributed by atoms with Gasteiger partial charge >= 0.3 is 0 Å². The fourth-order valence-electron chi connectivity index (χ4n) is 2.83. The van der Waals surface area contributed by atoms with Crippen LogP contribution in [0.3, 0.4) is 0 Å². The minimum Gasteiger partial charge on any atom is -0.508 e. The highest BCUT2D eigenvalue weighted by Crippen LogP contribution is 2.24. The van der Waals surface area contributed by atoms with Crippen LogP contribution in [0.1, 0.15) is 38.3 Å². The molecule has 1 aliphatic rings. The van der Waals surface area contributed by atoms with Crippen molar-refractivity contribution in [3.63, 3.8) is 0 Å². The third-order valence-electron chi connectivity index (χ3n) is 3.97. The molecule has 0 radical (unpaired) electrons. The maximum Gasteiger partial charge on any atom is 0.119 e. The van der Waals surface area contributed by atoms with Crippen molar-refractivity contribution in [2.45, 2.75) is 32.7 Å². The topological polar surface area (TPSA) is 55.7 Å². The van der Waals surface area contributed by atoms with E-state index in [9.17, 15) is 10.2 Å². The second-order valence-electron chi connectivity index (χ2n) is 6.03. The molecule has 1 saturated heterocycles. The second kappa shape index (κ2) is 6.95. The number of benzene rings is 1. The molecule has 0 amide bonds. The summed E-state index contributed by atoms with van der Waals surface area (Å²) < 4.78 is 0. The van der Waals surface area contributed by atoms with Crippen LogP contribution in [-0.4, -0.2) is 41.3 Å². The molecule has 1 heterocycles. The Bertz CT molecular complexity index is 410. The van der Waals surface area contributed by atoms with Gasteiger partial charge in [-0.15, -0.1) is 0 Å². The largest absolute Gasteiger partial charge is 0.508 e. The van der Waals surface area contributed by atoms with Crippen LogP contribution in [0.25, 0.3) is 0 Å². The molecule has 0 saturated carbocycles. The molecule has 1 aliphatic heterocycles. The summed E-state index contributed by atoms with van der Waals surface area (Å²) in [4.78, 5) is 2.52. The van der Waals surface area contributed by atoms with Crippen LogP contribution in [0, 0.1) is 5.92 Å². The van der Waals surface area contributed by atoms with E-state index in [0.717, 1.165) is 18.7 Å². The fraction of sp³-hybridized carbons (Fsp3) is 0.625. The molecule has 3 N–H and O–H groups in total. The van der Waals surface area contributed by atoms with Crippen LogP contribution < -0.4 is 5.32 Å². The average Bonchev–Trinajstić information content (AvgIpc) is 2.87. The highest BCUT2D eigenvalue weighted by Gasteiger charge is 2.15. The highest BCUT2D eigenvalue weighted by atomic mass is 16.3. The Morgan fingerprint density at radius 2 is 1.70 bits per heavy atom. The summed E-state index contributed by atoms with van der Waals surface area (Å²) in [6.45, 7) is 8.87. The minimum absolute atomic E-state index is 0.110. The summed E-state index contributed by atoms with van der Waals surface area (Å²) in [7, 11) is 0. The molecule has 1 aromatic rings. The number of rotatable bonds is 6. The monoisotopic (exact) mass is 278 g/mol. The van der Waals surface area contributed by atoms with E-state index in [1.54, 1.807) is 12.1 Å². The van der Waals surface area contributed by atoms with Gasteiger partial charge in [0.2, 0.25) is 0 Å². The third-order valence-corrected chi connectivity index (χ3v) is 3.97. The van der Waals surface area contributed by atoms with Gasteiger partial charge in [0.1, 0.15) is 11.5 Å². The van der Waals surface area contributed by atoms with E-state index in [2.05, 4.69) is 24.1 Å². The van der Waals surface area contributed by atoms with Gasteiger partial charge in [0.15, 0.2) is 0 Å². The quantitative estimate of drug-likeness (QED) is 0.748. The molecule has 0 bridgehead atoms. The lowest BCUT2D eigenvalue weighted by Gasteiger charge is -2.22. The van der Waals surface area contributed by atoms with Gasteiger partial charge in [-0.2, -0.15) is 0 Å². The predicted octanol–water partition coefficient (Wildman–Crippen LogP) is 2.48. The van der Waals surface area contributed by atoms with Crippen LogP contribution >= 0.6 is 0 Å². The first-order chi connectivity index (χ1) is 9.54. The zero-order chi connectivity index (χ0) is 14.5. The Kier molecular flexibility index (Phi) is 5.26. The Morgan fingerprint density at radius 3 is 2.30 bits per heavy atom. The number of nitrogens with one attached hydrogen (secondary N) is 1. The number of aromatic hydroxyl groups is 2. The molecular formula is C16H26N2O2. The summed E-state index contributed by atoms with van der Waals surface area (Å²) >= 11 is 0. The molecule has 2 rings (SSSR count). The number of hydrogen-bond donors (Lipinski definition) is 3. The molecule has 0 aliphatic carbocycles. The average molecular weight is 278 g/mol. The van der Waals surface area contributed by atoms with Crippen molar-refractivity contribution in [2.24, 2.45) is 5.92 Å². The predicted molar refractivity (Wildman–Crippen MR) is 81.0 cm³/mol. The molecule has 4 heteroatoms. The van der Waals surface area contributed by atoms with E-state index in [0.29, 0.717) is 5.92 Å². The number of likely N-dealkylation sites (tertiary alicyclic amines) is 1. The summed E-state index contributed by atoms with van der Waals surface area (Å²) in [5.41, 5.74) is 0.913. The number of phenolic OH excluding ortho intramolecular Hbond substituents is 2. The summed E-state index contributed by atoms with van der Waals surface area (Å²) in [6, 6.07) is 4.87. The van der Waals surface area contributed by atoms with Crippen molar-refractivity contribution in [3.05, 3.63) is 23.8 Å². The van der Waals surface area contributed by atoms with Gasteiger partial charge in [-0.3, -0.25) is 0 Å². The van der Waals surface area contributed by atoms with Crippen LogP contribution in [0.15, 0.2) is 18.2 Å². The molecule has 4 nitrogen and oxygen atoms in total. The van der Waals surface area contributed by atoms with Crippen LogP contribution in [0.4, 0.5) is 0 Å².